The number of amides is 9. The second-order valence-corrected chi connectivity index (χ2v) is 24.7. The Balaban J connectivity index is 1.05. The summed E-state index contributed by atoms with van der Waals surface area (Å²) < 4.78 is 0. The first-order chi connectivity index (χ1) is 44.9. The summed E-state index contributed by atoms with van der Waals surface area (Å²) >= 11 is 0. The molecule has 514 valence electrons. The lowest BCUT2D eigenvalue weighted by atomic mass is 9.84. The van der Waals surface area contributed by atoms with Gasteiger partial charge in [0.25, 0.3) is 0 Å². The van der Waals surface area contributed by atoms with Crippen LogP contribution in [0.15, 0.2) is 69.6 Å². The van der Waals surface area contributed by atoms with Gasteiger partial charge in [0, 0.05) is 71.6 Å². The number of nitrogens with zero attached hydrogens (tertiary/aromatic N) is 8. The van der Waals surface area contributed by atoms with Crippen molar-refractivity contribution < 1.29 is 63.3 Å². The molecule has 12 atom stereocenters. The third-order valence-electron chi connectivity index (χ3n) is 18.2. The quantitative estimate of drug-likeness (QED) is 0.0198. The summed E-state index contributed by atoms with van der Waals surface area (Å²) in [4.78, 5) is 161. The van der Waals surface area contributed by atoms with Gasteiger partial charge in [-0.1, -0.05) is 67.4 Å². The van der Waals surface area contributed by atoms with Gasteiger partial charge in [-0.2, -0.15) is 0 Å². The van der Waals surface area contributed by atoms with Crippen molar-refractivity contribution in [2.24, 2.45) is 61.0 Å². The molecule has 21 N–H and O–H groups in total. The standard InChI is InChI=1S/C62H93N19O13/c1-77(50(84)31-73-52(86)47-30-39(83)33-80(47)57(91)45-22-12-26-78(45)55(89)41(19-10-24-71-61(66)67)74-51(85)40(63)18-9-23-70-60(64)65)46(27-35-13-3-2-4-14-35)53(87)76-43(34-82)56(90)79-32-38-17-6-5-15-36(38)28-49(79)58(92)81-44-21-8-7-16-37(44)29-48(81)54(88)75-42(59(93)94)20-11-25-72-62(68)69/h2-6,13-15,17,37,39-49,82-83H,7-12,16,18-34,63H2,1H3,(H,73,86)(H,74,85)(H,75,88)(H,76,87)(H,93,94)(H4,64,65,70)(H4,66,67,71)(H4,68,69,72)/t37?,39-,40+,41-,42-,43-,44?,45-,46-,47-,48-,49+/m0/s1. The number of carbonyl (C=O) groups is 10. The number of likely N-dealkylation sites (N-methyl/N-ethyl adjacent to an activating group) is 1. The molecule has 4 heterocycles. The van der Waals surface area contributed by atoms with E-state index in [1.165, 1.54) is 21.7 Å². The number of nitrogens with two attached hydrogens (primary N) is 7. The minimum Gasteiger partial charge on any atom is -0.480 e. The lowest BCUT2D eigenvalue weighted by Gasteiger charge is -2.42. The Bertz CT molecular complexity index is 3120. The van der Waals surface area contributed by atoms with Crippen molar-refractivity contribution >= 4 is 77.0 Å². The van der Waals surface area contributed by atoms with Gasteiger partial charge < -0.3 is 101 Å². The first-order valence-electron chi connectivity index (χ1n) is 32.1. The van der Waals surface area contributed by atoms with E-state index in [0.29, 0.717) is 30.4 Å². The van der Waals surface area contributed by atoms with Crippen molar-refractivity contribution in [1.29, 1.82) is 0 Å². The zero-order valence-electron chi connectivity index (χ0n) is 53.1. The molecule has 94 heavy (non-hydrogen) atoms. The van der Waals surface area contributed by atoms with Crippen molar-refractivity contribution in [2.75, 3.05) is 52.9 Å². The molecule has 0 bridgehead atoms. The molecule has 1 saturated carbocycles. The van der Waals surface area contributed by atoms with E-state index in [4.69, 9.17) is 40.1 Å². The van der Waals surface area contributed by atoms with Crippen LogP contribution in [-0.2, 0) is 67.3 Å². The minimum absolute atomic E-state index is 0.00170. The summed E-state index contributed by atoms with van der Waals surface area (Å²) in [6.45, 7) is -1.46. The number of β-amino-alcohol motifs (C(OH)–C–C–N with tert-alkyl or cyclic N) is 1. The number of aliphatic imine (C=N–C) groups is 3. The number of carboxylic acid groups (broad SMARTS) is 1. The van der Waals surface area contributed by atoms with Crippen LogP contribution in [0.3, 0.4) is 0 Å². The van der Waals surface area contributed by atoms with Crippen LogP contribution in [0, 0.1) is 5.92 Å². The highest BCUT2D eigenvalue weighted by Gasteiger charge is 2.52. The van der Waals surface area contributed by atoms with Gasteiger partial charge in [-0.25, -0.2) is 4.79 Å². The lowest BCUT2D eigenvalue weighted by Crippen LogP contribution is -2.63. The van der Waals surface area contributed by atoms with Gasteiger partial charge in [-0.05, 0) is 93.2 Å². The predicted molar refractivity (Wildman–Crippen MR) is 344 cm³/mol. The highest BCUT2D eigenvalue weighted by atomic mass is 16.4. The Morgan fingerprint density at radius 3 is 1.86 bits per heavy atom. The van der Waals surface area contributed by atoms with Crippen molar-refractivity contribution in [3.63, 3.8) is 0 Å². The van der Waals surface area contributed by atoms with Crippen LogP contribution in [0.5, 0.6) is 0 Å². The second kappa shape index (κ2) is 34.1. The van der Waals surface area contributed by atoms with E-state index < -0.39 is 139 Å². The number of nitrogens with one attached hydrogen (secondary N) is 4. The van der Waals surface area contributed by atoms with E-state index in [9.17, 15) is 53.7 Å². The number of likely N-dealkylation sites (tertiary alicyclic amines) is 3. The Hall–Kier alpha value is -9.17. The van der Waals surface area contributed by atoms with Crippen molar-refractivity contribution in [3.05, 3.63) is 71.3 Å². The topological polar surface area (TPSA) is 515 Å². The van der Waals surface area contributed by atoms with Gasteiger partial charge in [-0.3, -0.25) is 58.1 Å². The summed E-state index contributed by atoms with van der Waals surface area (Å²) in [7, 11) is 1.32. The Morgan fingerprint density at radius 2 is 1.22 bits per heavy atom. The lowest BCUT2D eigenvalue weighted by molar-refractivity contribution is -0.154. The molecule has 2 aromatic rings. The highest BCUT2D eigenvalue weighted by molar-refractivity contribution is 5.99. The molecule has 1 aliphatic carbocycles. The fourth-order valence-electron chi connectivity index (χ4n) is 13.3. The summed E-state index contributed by atoms with van der Waals surface area (Å²) in [5, 5.41) is 42.7. The van der Waals surface area contributed by atoms with Gasteiger partial charge in [0.2, 0.25) is 53.2 Å². The summed E-state index contributed by atoms with van der Waals surface area (Å²) in [6, 6.07) is 4.10. The zero-order valence-corrected chi connectivity index (χ0v) is 53.1. The van der Waals surface area contributed by atoms with Crippen LogP contribution in [0.1, 0.15) is 107 Å². The molecule has 7 rings (SSSR count). The number of hydrogen-bond donors (Lipinski definition) is 14. The van der Waals surface area contributed by atoms with Crippen LogP contribution in [0.2, 0.25) is 0 Å². The van der Waals surface area contributed by atoms with Crippen molar-refractivity contribution in [1.82, 2.24) is 45.8 Å². The average molecular weight is 1310 g/mol. The largest absolute Gasteiger partial charge is 0.480 e. The second-order valence-electron chi connectivity index (χ2n) is 24.7. The van der Waals surface area contributed by atoms with E-state index in [1.807, 2.05) is 6.07 Å². The molecular weight excluding hydrogens is 1220 g/mol. The average Bonchev–Trinajstić information content (AvgIpc) is 1.49. The summed E-state index contributed by atoms with van der Waals surface area (Å²) in [6.07, 6.45) is 3.37. The van der Waals surface area contributed by atoms with Crippen LogP contribution < -0.4 is 61.4 Å². The smallest absolute Gasteiger partial charge is 0.326 e. The SMILES string of the molecule is CN(C(=O)CNC(=O)[C@@H]1C[C@H](O)CN1C(=O)[C@@H]1CCCN1C(=O)[C@H](CCCN=C(N)N)NC(=O)[C@H](N)CCCN=C(N)N)[C@@H](Cc1ccccc1)C(=O)N[C@@H](CO)C(=O)N1Cc2ccccc2C[C@@H]1C(=O)N1C2CCCCC2C[C@H]1C(=O)N[C@@H](CCCN=C(N)N)C(=O)O. The number of carboxylic acids is 1. The maximum Gasteiger partial charge on any atom is 0.326 e. The molecule has 0 radical (unpaired) electrons. The number of guanidine groups is 3. The van der Waals surface area contributed by atoms with Gasteiger partial charge in [-0.15, -0.1) is 0 Å². The van der Waals surface area contributed by atoms with E-state index in [-0.39, 0.29) is 127 Å². The number of carbonyl (C=O) groups excluding carboxylic acids is 9. The maximum absolute atomic E-state index is 15.4. The third-order valence-corrected chi connectivity index (χ3v) is 18.2. The first kappa shape index (κ1) is 72.3. The Kier molecular flexibility index (Phi) is 26.2. The first-order valence-corrected chi connectivity index (χ1v) is 32.1. The third kappa shape index (κ3) is 19.0. The fourth-order valence-corrected chi connectivity index (χ4v) is 13.3. The molecule has 9 amide bonds. The maximum atomic E-state index is 15.4. The van der Waals surface area contributed by atoms with E-state index in [0.717, 1.165) is 34.6 Å². The van der Waals surface area contributed by atoms with Crippen molar-refractivity contribution in [2.45, 2.75) is 176 Å². The van der Waals surface area contributed by atoms with Gasteiger partial charge >= 0.3 is 5.97 Å². The Morgan fingerprint density at radius 1 is 0.628 bits per heavy atom. The molecule has 4 aliphatic heterocycles. The number of fused-ring (bicyclic) bond motifs is 2. The van der Waals surface area contributed by atoms with Crippen LogP contribution in [-0.4, -0.2) is 236 Å². The minimum atomic E-state index is -1.68. The molecule has 2 aromatic carbocycles. The molecule has 32 heteroatoms. The van der Waals surface area contributed by atoms with Gasteiger partial charge in [0.1, 0.15) is 48.3 Å². The van der Waals surface area contributed by atoms with E-state index in [2.05, 4.69) is 36.2 Å². The zero-order chi connectivity index (χ0) is 68.3. The number of aliphatic carboxylic acids is 1. The van der Waals surface area contributed by atoms with Crippen LogP contribution >= 0.6 is 0 Å². The van der Waals surface area contributed by atoms with Gasteiger partial charge in [0.15, 0.2) is 17.9 Å². The van der Waals surface area contributed by atoms with Crippen molar-refractivity contribution in [3.8, 4) is 0 Å². The summed E-state index contributed by atoms with van der Waals surface area (Å²) in [5.74, 6) is -8.23. The molecule has 4 fully saturated rings. The molecule has 5 aliphatic rings. The van der Waals surface area contributed by atoms with Gasteiger partial charge in [0.05, 0.1) is 25.3 Å². The Labute approximate surface area is 545 Å². The normalized spacial score (nSPS) is 22.1. The highest BCUT2D eigenvalue weighted by Crippen LogP contribution is 2.41. The molecular formula is C62H93N19O13. The predicted octanol–water partition coefficient (Wildman–Crippen LogP) is -4.74. The summed E-state index contributed by atoms with van der Waals surface area (Å²) in [5.41, 5.74) is 41.0. The molecule has 32 nitrogen and oxygen atoms in total. The molecule has 3 saturated heterocycles. The van der Waals surface area contributed by atoms with Crippen LogP contribution in [0.25, 0.3) is 0 Å². The van der Waals surface area contributed by atoms with E-state index >= 15 is 9.59 Å². The van der Waals surface area contributed by atoms with E-state index in [1.54, 1.807) is 48.5 Å². The number of aliphatic hydroxyl groups is 2. The molecule has 0 spiro atoms. The van der Waals surface area contributed by atoms with Crippen LogP contribution in [0.4, 0.5) is 0 Å². The monoisotopic (exact) mass is 1310 g/mol. The number of hydrogen-bond acceptors (Lipinski definition) is 16. The fraction of sp³-hybridized carbons (Fsp3) is 0.597. The number of benzene rings is 2. The number of aliphatic hydroxyl groups excluding tert-OH is 2. The number of rotatable bonds is 30. The molecule has 0 aromatic heterocycles. The molecule has 2 unspecified atom stereocenters.